The lowest BCUT2D eigenvalue weighted by molar-refractivity contribution is 0.632. The van der Waals surface area contributed by atoms with Gasteiger partial charge in [0.25, 0.3) is 0 Å². The van der Waals surface area contributed by atoms with Crippen LogP contribution in [0.4, 0.5) is 4.39 Å². The molecule has 0 aliphatic carbocycles. The molecule has 0 fully saturated rings. The number of hydrogen-bond acceptors (Lipinski definition) is 1. The van der Waals surface area contributed by atoms with Gasteiger partial charge in [0.05, 0.1) is 0 Å². The molecular weight excluding hydrogens is 253 g/mol. The fourth-order valence-electron chi connectivity index (χ4n) is 2.15. The summed E-state index contributed by atoms with van der Waals surface area (Å²) in [4.78, 5) is 14.0. The van der Waals surface area contributed by atoms with Gasteiger partial charge in [0.15, 0.2) is 0 Å². The van der Waals surface area contributed by atoms with Gasteiger partial charge in [-0.1, -0.05) is 48.5 Å². The summed E-state index contributed by atoms with van der Waals surface area (Å²) in [5.41, 5.74) is 2.44. The van der Waals surface area contributed by atoms with Crippen LogP contribution in [0.3, 0.4) is 0 Å². The standard InChI is InChI=1S/C17H12FNO/c18-15-11-13(16-7-4-8-17(20)19-16)9-10-14(15)12-5-2-1-3-6-12/h1-11H,(H,19,20). The van der Waals surface area contributed by atoms with Gasteiger partial charge in [0, 0.05) is 22.9 Å². The second-order valence-electron chi connectivity index (χ2n) is 4.49. The topological polar surface area (TPSA) is 32.9 Å². The average molecular weight is 265 g/mol. The third-order valence-electron chi connectivity index (χ3n) is 3.13. The fourth-order valence-corrected chi connectivity index (χ4v) is 2.15. The van der Waals surface area contributed by atoms with Crippen molar-refractivity contribution in [1.82, 2.24) is 4.98 Å². The normalized spacial score (nSPS) is 10.4. The first kappa shape index (κ1) is 12.4. The van der Waals surface area contributed by atoms with Gasteiger partial charge in [-0.2, -0.15) is 0 Å². The second kappa shape index (κ2) is 5.13. The predicted octanol–water partition coefficient (Wildman–Crippen LogP) is 3.85. The van der Waals surface area contributed by atoms with Gasteiger partial charge in [-0.3, -0.25) is 4.79 Å². The van der Waals surface area contributed by atoms with Crippen LogP contribution in [0, 0.1) is 5.82 Å². The quantitative estimate of drug-likeness (QED) is 0.750. The maximum Gasteiger partial charge on any atom is 0.248 e. The number of hydrogen-bond donors (Lipinski definition) is 1. The zero-order valence-electron chi connectivity index (χ0n) is 10.6. The van der Waals surface area contributed by atoms with Crippen LogP contribution in [0.1, 0.15) is 0 Å². The summed E-state index contributed by atoms with van der Waals surface area (Å²) in [5.74, 6) is -0.307. The molecule has 0 aliphatic heterocycles. The molecule has 1 N–H and O–H groups in total. The molecule has 0 bridgehead atoms. The number of halogens is 1. The first-order chi connectivity index (χ1) is 9.74. The van der Waals surface area contributed by atoms with E-state index in [0.29, 0.717) is 16.8 Å². The summed E-state index contributed by atoms with van der Waals surface area (Å²) < 4.78 is 14.2. The molecule has 2 nitrogen and oxygen atoms in total. The Kier molecular flexibility index (Phi) is 3.17. The molecule has 0 spiro atoms. The van der Waals surface area contributed by atoms with Gasteiger partial charge in [-0.25, -0.2) is 4.39 Å². The Labute approximate surface area is 115 Å². The molecule has 98 valence electrons. The summed E-state index contributed by atoms with van der Waals surface area (Å²) in [5, 5.41) is 0. The van der Waals surface area contributed by atoms with Gasteiger partial charge in [-0.15, -0.1) is 0 Å². The Bertz CT molecular complexity index is 793. The molecule has 20 heavy (non-hydrogen) atoms. The lowest BCUT2D eigenvalue weighted by Gasteiger charge is -2.06. The summed E-state index contributed by atoms with van der Waals surface area (Å²) in [7, 11) is 0. The minimum absolute atomic E-state index is 0.199. The highest BCUT2D eigenvalue weighted by Crippen LogP contribution is 2.26. The monoisotopic (exact) mass is 265 g/mol. The molecule has 0 aliphatic rings. The van der Waals surface area contributed by atoms with Crippen molar-refractivity contribution < 1.29 is 4.39 Å². The highest BCUT2D eigenvalue weighted by molar-refractivity contribution is 5.69. The van der Waals surface area contributed by atoms with E-state index >= 15 is 0 Å². The third-order valence-corrected chi connectivity index (χ3v) is 3.13. The lowest BCUT2D eigenvalue weighted by Crippen LogP contribution is -2.03. The molecule has 0 atom stereocenters. The Balaban J connectivity index is 2.06. The van der Waals surface area contributed by atoms with E-state index in [2.05, 4.69) is 4.98 Å². The van der Waals surface area contributed by atoms with E-state index < -0.39 is 0 Å². The molecule has 3 heteroatoms. The number of benzene rings is 2. The summed E-state index contributed by atoms with van der Waals surface area (Å²) in [6, 6.07) is 19.2. The van der Waals surface area contributed by atoms with Gasteiger partial charge in [0.1, 0.15) is 5.82 Å². The van der Waals surface area contributed by atoms with Crippen molar-refractivity contribution in [3.05, 3.63) is 82.9 Å². The third kappa shape index (κ3) is 2.38. The number of pyridine rings is 1. The smallest absolute Gasteiger partial charge is 0.248 e. The van der Waals surface area contributed by atoms with Crippen LogP contribution in [-0.2, 0) is 0 Å². The van der Waals surface area contributed by atoms with Crippen molar-refractivity contribution in [1.29, 1.82) is 0 Å². The Morgan fingerprint density at radius 2 is 1.60 bits per heavy atom. The molecule has 1 heterocycles. The maximum atomic E-state index is 14.2. The van der Waals surface area contributed by atoms with Crippen LogP contribution in [0.2, 0.25) is 0 Å². The van der Waals surface area contributed by atoms with Gasteiger partial charge in [0.2, 0.25) is 5.56 Å². The molecule has 0 radical (unpaired) electrons. The van der Waals surface area contributed by atoms with Gasteiger partial charge >= 0.3 is 0 Å². The Hall–Kier alpha value is -2.68. The van der Waals surface area contributed by atoms with Crippen molar-refractivity contribution in [2.24, 2.45) is 0 Å². The molecular formula is C17H12FNO. The zero-order valence-corrected chi connectivity index (χ0v) is 10.6. The van der Waals surface area contributed by atoms with E-state index in [4.69, 9.17) is 0 Å². The lowest BCUT2D eigenvalue weighted by atomic mass is 10.0. The minimum atomic E-state index is -0.307. The van der Waals surface area contributed by atoms with Crippen LogP contribution < -0.4 is 5.56 Å². The van der Waals surface area contributed by atoms with E-state index in [1.807, 2.05) is 30.3 Å². The molecule has 0 saturated carbocycles. The molecule has 0 unspecified atom stereocenters. The molecule has 3 aromatic rings. The first-order valence-electron chi connectivity index (χ1n) is 6.29. The first-order valence-corrected chi connectivity index (χ1v) is 6.29. The SMILES string of the molecule is O=c1cccc(-c2ccc(-c3ccccc3)c(F)c2)[nH]1. The number of aromatic amines is 1. The van der Waals surface area contributed by atoms with Crippen molar-refractivity contribution in [3.8, 4) is 22.4 Å². The molecule has 2 aromatic carbocycles. The van der Waals surface area contributed by atoms with Crippen molar-refractivity contribution in [3.63, 3.8) is 0 Å². The number of rotatable bonds is 2. The van der Waals surface area contributed by atoms with E-state index in [1.54, 1.807) is 24.3 Å². The van der Waals surface area contributed by atoms with E-state index in [1.165, 1.54) is 12.1 Å². The van der Waals surface area contributed by atoms with Crippen molar-refractivity contribution in [2.75, 3.05) is 0 Å². The zero-order chi connectivity index (χ0) is 13.9. The highest BCUT2D eigenvalue weighted by Gasteiger charge is 2.07. The minimum Gasteiger partial charge on any atom is -0.322 e. The number of nitrogens with one attached hydrogen (secondary N) is 1. The maximum absolute atomic E-state index is 14.2. The van der Waals surface area contributed by atoms with E-state index in [0.717, 1.165) is 5.56 Å². The average Bonchev–Trinajstić information content (AvgIpc) is 2.48. The van der Waals surface area contributed by atoms with Gasteiger partial charge < -0.3 is 4.98 Å². The largest absolute Gasteiger partial charge is 0.322 e. The summed E-state index contributed by atoms with van der Waals surface area (Å²) in [6.07, 6.45) is 0. The van der Waals surface area contributed by atoms with E-state index in [-0.39, 0.29) is 11.4 Å². The number of H-pyrrole nitrogens is 1. The fraction of sp³-hybridized carbons (Fsp3) is 0. The molecule has 0 saturated heterocycles. The highest BCUT2D eigenvalue weighted by atomic mass is 19.1. The van der Waals surface area contributed by atoms with Crippen molar-refractivity contribution >= 4 is 0 Å². The summed E-state index contributed by atoms with van der Waals surface area (Å²) in [6.45, 7) is 0. The van der Waals surface area contributed by atoms with Gasteiger partial charge in [-0.05, 0) is 17.7 Å². The Morgan fingerprint density at radius 1 is 0.800 bits per heavy atom. The number of aromatic nitrogens is 1. The van der Waals surface area contributed by atoms with Crippen molar-refractivity contribution in [2.45, 2.75) is 0 Å². The van der Waals surface area contributed by atoms with Crippen LogP contribution >= 0.6 is 0 Å². The van der Waals surface area contributed by atoms with E-state index in [9.17, 15) is 9.18 Å². The van der Waals surface area contributed by atoms with Crippen LogP contribution in [0.5, 0.6) is 0 Å². The van der Waals surface area contributed by atoms with Crippen LogP contribution in [0.15, 0.2) is 71.5 Å². The predicted molar refractivity (Wildman–Crippen MR) is 77.9 cm³/mol. The Morgan fingerprint density at radius 3 is 2.30 bits per heavy atom. The second-order valence-corrected chi connectivity index (χ2v) is 4.49. The van der Waals surface area contributed by atoms with Crippen LogP contribution in [-0.4, -0.2) is 4.98 Å². The molecule has 1 aromatic heterocycles. The molecule has 3 rings (SSSR count). The summed E-state index contributed by atoms with van der Waals surface area (Å²) >= 11 is 0. The molecule has 0 amide bonds. The van der Waals surface area contributed by atoms with Crippen LogP contribution in [0.25, 0.3) is 22.4 Å².